The molecule has 4 rings (SSSR count). The highest BCUT2D eigenvalue weighted by molar-refractivity contribution is 5.88. The summed E-state index contributed by atoms with van der Waals surface area (Å²) in [5.74, 6) is 0.0690. The Balaban J connectivity index is 1.68. The van der Waals surface area contributed by atoms with Gasteiger partial charge in [0.15, 0.2) is 0 Å². The van der Waals surface area contributed by atoms with Crippen LogP contribution in [-0.4, -0.2) is 23.1 Å². The first-order valence-electron chi connectivity index (χ1n) is 11.3. The summed E-state index contributed by atoms with van der Waals surface area (Å²) in [4.78, 5) is 25.1. The third-order valence-electron chi connectivity index (χ3n) is 9.68. The second kappa shape index (κ2) is 6.72. The Morgan fingerprint density at radius 1 is 1.14 bits per heavy atom. The fraction of sp³-hybridized carbons (Fsp3) is 0.760. The molecule has 160 valence electrons. The van der Waals surface area contributed by atoms with Gasteiger partial charge in [-0.05, 0) is 101 Å². The standard InChI is InChI=1S/C25H36O4/c1-6-15(2)21(26)29-20-10-11-23(4)18(24(20,5)22(27)28)9-12-25-13-16(3)17(14-25)7-8-19(23)25/h6,17-20H,3,7-14H2,1-2,4-5H3,(H,27,28)/b15-6-/t17?,18-,19-,20?,23+,24-,25+/m0/s1. The maximum absolute atomic E-state index is 12.7. The molecule has 29 heavy (non-hydrogen) atoms. The van der Waals surface area contributed by atoms with Gasteiger partial charge in [0.2, 0.25) is 0 Å². The summed E-state index contributed by atoms with van der Waals surface area (Å²) in [7, 11) is 0. The van der Waals surface area contributed by atoms with Gasteiger partial charge in [-0.15, -0.1) is 0 Å². The maximum Gasteiger partial charge on any atom is 0.333 e. The number of allylic oxidation sites excluding steroid dienone is 2. The molecule has 2 bridgehead atoms. The SMILES string of the molecule is C=C1C[C@@]23CC[C@H]4[C@@](C)(CCC(OC(=O)/C(C)=C\C)[C@@]4(C)C(=O)O)[C@@H]2CCC1C3. The molecular weight excluding hydrogens is 364 g/mol. The number of hydrogen-bond acceptors (Lipinski definition) is 3. The van der Waals surface area contributed by atoms with Crippen LogP contribution in [0.5, 0.6) is 0 Å². The van der Waals surface area contributed by atoms with Crippen LogP contribution in [0, 0.1) is 34.0 Å². The molecule has 4 aliphatic rings. The Bertz CT molecular complexity index is 782. The molecule has 0 amide bonds. The highest BCUT2D eigenvalue weighted by atomic mass is 16.5. The molecule has 4 heteroatoms. The van der Waals surface area contributed by atoms with Gasteiger partial charge in [-0.3, -0.25) is 4.79 Å². The molecule has 1 spiro atoms. The summed E-state index contributed by atoms with van der Waals surface area (Å²) < 4.78 is 5.83. The molecule has 0 heterocycles. The van der Waals surface area contributed by atoms with Gasteiger partial charge in [0, 0.05) is 5.57 Å². The molecule has 4 aliphatic carbocycles. The van der Waals surface area contributed by atoms with E-state index >= 15 is 0 Å². The number of aliphatic carboxylic acids is 1. The van der Waals surface area contributed by atoms with E-state index < -0.39 is 17.5 Å². The van der Waals surface area contributed by atoms with Crippen molar-refractivity contribution in [2.24, 2.45) is 34.0 Å². The first kappa shape index (κ1) is 20.7. The number of carbonyl (C=O) groups excluding carboxylic acids is 1. The van der Waals surface area contributed by atoms with Crippen LogP contribution in [0.2, 0.25) is 0 Å². The van der Waals surface area contributed by atoms with E-state index in [9.17, 15) is 14.7 Å². The predicted octanol–water partition coefficient (Wildman–Crippen LogP) is 5.53. The minimum atomic E-state index is -1.04. The van der Waals surface area contributed by atoms with Crippen LogP contribution in [-0.2, 0) is 14.3 Å². The van der Waals surface area contributed by atoms with Crippen LogP contribution in [0.3, 0.4) is 0 Å². The molecule has 0 aromatic rings. The Labute approximate surface area is 174 Å². The Hall–Kier alpha value is -1.58. The second-order valence-electron chi connectivity index (χ2n) is 10.8. The van der Waals surface area contributed by atoms with Crippen molar-refractivity contribution in [1.29, 1.82) is 0 Å². The summed E-state index contributed by atoms with van der Waals surface area (Å²) in [6.07, 6.45) is 9.51. The number of carboxylic acids is 1. The smallest absolute Gasteiger partial charge is 0.333 e. The molecule has 4 saturated carbocycles. The van der Waals surface area contributed by atoms with Crippen LogP contribution < -0.4 is 0 Å². The van der Waals surface area contributed by atoms with Crippen molar-refractivity contribution in [1.82, 2.24) is 0 Å². The van der Waals surface area contributed by atoms with E-state index in [1.807, 2.05) is 6.92 Å². The van der Waals surface area contributed by atoms with Crippen LogP contribution in [0.4, 0.5) is 0 Å². The molecule has 0 aromatic carbocycles. The van der Waals surface area contributed by atoms with Gasteiger partial charge in [0.25, 0.3) is 0 Å². The number of rotatable bonds is 3. The monoisotopic (exact) mass is 400 g/mol. The van der Waals surface area contributed by atoms with E-state index in [2.05, 4.69) is 13.5 Å². The van der Waals surface area contributed by atoms with Gasteiger partial charge >= 0.3 is 11.9 Å². The largest absolute Gasteiger partial charge is 0.481 e. The fourth-order valence-corrected chi connectivity index (χ4v) is 8.06. The molecule has 2 unspecified atom stereocenters. The van der Waals surface area contributed by atoms with Crippen molar-refractivity contribution < 1.29 is 19.4 Å². The lowest BCUT2D eigenvalue weighted by Gasteiger charge is -2.64. The molecule has 7 atom stereocenters. The first-order chi connectivity index (χ1) is 13.6. The lowest BCUT2D eigenvalue weighted by Crippen LogP contribution is -2.63. The van der Waals surface area contributed by atoms with Gasteiger partial charge in [-0.25, -0.2) is 4.79 Å². The molecule has 4 nitrogen and oxygen atoms in total. The molecule has 4 fully saturated rings. The predicted molar refractivity (Wildman–Crippen MR) is 112 cm³/mol. The average molecular weight is 401 g/mol. The third-order valence-corrected chi connectivity index (χ3v) is 9.68. The summed E-state index contributed by atoms with van der Waals surface area (Å²) in [6.45, 7) is 12.1. The average Bonchev–Trinajstić information content (AvgIpc) is 2.91. The molecule has 0 aliphatic heterocycles. The zero-order valence-corrected chi connectivity index (χ0v) is 18.4. The molecular formula is C25H36O4. The van der Waals surface area contributed by atoms with Crippen LogP contribution in [0.15, 0.2) is 23.8 Å². The summed E-state index contributed by atoms with van der Waals surface area (Å²) in [5, 5.41) is 10.4. The summed E-state index contributed by atoms with van der Waals surface area (Å²) in [5.41, 5.74) is 1.25. The zero-order chi connectivity index (χ0) is 21.2. The van der Waals surface area contributed by atoms with Gasteiger partial charge in [-0.1, -0.05) is 25.2 Å². The Kier molecular flexibility index (Phi) is 4.79. The summed E-state index contributed by atoms with van der Waals surface area (Å²) >= 11 is 0. The van der Waals surface area contributed by atoms with E-state index in [1.165, 1.54) is 24.8 Å². The van der Waals surface area contributed by atoms with Crippen LogP contribution in [0.1, 0.15) is 79.1 Å². The van der Waals surface area contributed by atoms with Crippen molar-refractivity contribution in [3.05, 3.63) is 23.8 Å². The van der Waals surface area contributed by atoms with Crippen LogP contribution in [0.25, 0.3) is 0 Å². The molecule has 0 aromatic heterocycles. The first-order valence-corrected chi connectivity index (χ1v) is 11.3. The maximum atomic E-state index is 12.7. The molecule has 0 saturated heterocycles. The van der Waals surface area contributed by atoms with Gasteiger partial charge < -0.3 is 9.84 Å². The van der Waals surface area contributed by atoms with Crippen LogP contribution >= 0.6 is 0 Å². The van der Waals surface area contributed by atoms with Gasteiger partial charge in [0.1, 0.15) is 11.5 Å². The van der Waals surface area contributed by atoms with Crippen molar-refractivity contribution >= 4 is 11.9 Å². The summed E-state index contributed by atoms with van der Waals surface area (Å²) in [6, 6.07) is 0. The Morgan fingerprint density at radius 2 is 1.86 bits per heavy atom. The molecule has 0 radical (unpaired) electrons. The van der Waals surface area contributed by atoms with Crippen molar-refractivity contribution in [2.45, 2.75) is 85.2 Å². The third kappa shape index (κ3) is 2.77. The van der Waals surface area contributed by atoms with E-state index in [0.717, 1.165) is 25.7 Å². The van der Waals surface area contributed by atoms with E-state index in [0.29, 0.717) is 29.2 Å². The number of hydrogen-bond donors (Lipinski definition) is 1. The van der Waals surface area contributed by atoms with Crippen molar-refractivity contribution in [3.63, 3.8) is 0 Å². The number of ether oxygens (including phenoxy) is 1. The minimum Gasteiger partial charge on any atom is -0.481 e. The lowest BCUT2D eigenvalue weighted by molar-refractivity contribution is -0.211. The zero-order valence-electron chi connectivity index (χ0n) is 18.4. The number of fused-ring (bicyclic) bond motifs is 3. The topological polar surface area (TPSA) is 63.6 Å². The van der Waals surface area contributed by atoms with E-state index in [1.54, 1.807) is 19.9 Å². The normalized spacial score (nSPS) is 46.6. The van der Waals surface area contributed by atoms with Gasteiger partial charge in [0.05, 0.1) is 0 Å². The van der Waals surface area contributed by atoms with Crippen molar-refractivity contribution in [2.75, 3.05) is 0 Å². The van der Waals surface area contributed by atoms with E-state index in [4.69, 9.17) is 4.74 Å². The quantitative estimate of drug-likeness (QED) is 0.384. The number of esters is 1. The Morgan fingerprint density at radius 3 is 2.52 bits per heavy atom. The van der Waals surface area contributed by atoms with Gasteiger partial charge in [-0.2, -0.15) is 0 Å². The fourth-order valence-electron chi connectivity index (χ4n) is 8.06. The van der Waals surface area contributed by atoms with E-state index in [-0.39, 0.29) is 17.3 Å². The minimum absolute atomic E-state index is 0.0144. The highest BCUT2D eigenvalue weighted by Crippen LogP contribution is 2.72. The highest BCUT2D eigenvalue weighted by Gasteiger charge is 2.67. The number of carbonyl (C=O) groups is 2. The molecule has 1 N–H and O–H groups in total. The number of carboxylic acid groups (broad SMARTS) is 1. The van der Waals surface area contributed by atoms with Crippen molar-refractivity contribution in [3.8, 4) is 0 Å². The lowest BCUT2D eigenvalue weighted by atomic mass is 9.40. The second-order valence-corrected chi connectivity index (χ2v) is 10.8.